The molecule has 0 bridgehead atoms. The molecule has 0 atom stereocenters. The second kappa shape index (κ2) is 4.30. The van der Waals surface area contributed by atoms with Gasteiger partial charge in [-0.25, -0.2) is 4.79 Å². The van der Waals surface area contributed by atoms with E-state index in [0.717, 1.165) is 5.56 Å². The standard InChI is InChI=1S/C8H8O2.Mo/c1-6-2-4-7(5-3-6)8(9)10;/h2-5H,1H3,(H,9,10);. The van der Waals surface area contributed by atoms with Gasteiger partial charge in [0.1, 0.15) is 0 Å². The summed E-state index contributed by atoms with van der Waals surface area (Å²) in [6.07, 6.45) is 0. The smallest absolute Gasteiger partial charge is 0.335 e. The Morgan fingerprint density at radius 2 is 1.73 bits per heavy atom. The summed E-state index contributed by atoms with van der Waals surface area (Å²) in [5.41, 5.74) is 1.41. The van der Waals surface area contributed by atoms with Crippen molar-refractivity contribution >= 4 is 5.97 Å². The molecule has 0 unspecified atom stereocenters. The van der Waals surface area contributed by atoms with Crippen LogP contribution in [0.5, 0.6) is 0 Å². The minimum atomic E-state index is -0.875. The number of carboxylic acids is 1. The summed E-state index contributed by atoms with van der Waals surface area (Å²) < 4.78 is 0. The number of hydrogen-bond acceptors (Lipinski definition) is 1. The molecule has 0 aliphatic carbocycles. The number of aromatic carboxylic acids is 1. The summed E-state index contributed by atoms with van der Waals surface area (Å²) >= 11 is 0. The molecule has 11 heavy (non-hydrogen) atoms. The van der Waals surface area contributed by atoms with Crippen LogP contribution in [-0.2, 0) is 21.1 Å². The zero-order valence-electron chi connectivity index (χ0n) is 6.07. The first-order valence-corrected chi connectivity index (χ1v) is 3.00. The summed E-state index contributed by atoms with van der Waals surface area (Å²) in [4.78, 5) is 10.3. The van der Waals surface area contributed by atoms with Crippen LogP contribution in [0.1, 0.15) is 15.9 Å². The third-order valence-corrected chi connectivity index (χ3v) is 1.30. The number of carboxylic acid groups (broad SMARTS) is 1. The van der Waals surface area contributed by atoms with E-state index in [-0.39, 0.29) is 21.1 Å². The fourth-order valence-corrected chi connectivity index (χ4v) is 0.696. The third-order valence-electron chi connectivity index (χ3n) is 1.30. The van der Waals surface area contributed by atoms with Gasteiger partial charge in [-0.1, -0.05) is 17.7 Å². The Labute approximate surface area is 79.5 Å². The van der Waals surface area contributed by atoms with Crippen molar-refractivity contribution in [3.63, 3.8) is 0 Å². The summed E-state index contributed by atoms with van der Waals surface area (Å²) in [6, 6.07) is 6.75. The van der Waals surface area contributed by atoms with Crippen molar-refractivity contribution in [2.45, 2.75) is 6.92 Å². The van der Waals surface area contributed by atoms with Gasteiger partial charge in [0, 0.05) is 21.1 Å². The fourth-order valence-electron chi connectivity index (χ4n) is 0.696. The first-order chi connectivity index (χ1) is 4.70. The quantitative estimate of drug-likeness (QED) is 0.748. The van der Waals surface area contributed by atoms with Gasteiger partial charge in [-0.15, -0.1) is 0 Å². The van der Waals surface area contributed by atoms with Crippen LogP contribution in [0.4, 0.5) is 0 Å². The van der Waals surface area contributed by atoms with Crippen LogP contribution in [0.15, 0.2) is 24.3 Å². The predicted octanol–water partition coefficient (Wildman–Crippen LogP) is 1.69. The molecule has 0 aromatic heterocycles. The Balaban J connectivity index is 0.000001000. The zero-order valence-corrected chi connectivity index (χ0v) is 8.08. The van der Waals surface area contributed by atoms with Crippen LogP contribution < -0.4 is 0 Å². The number of hydrogen-bond donors (Lipinski definition) is 1. The van der Waals surface area contributed by atoms with Gasteiger partial charge < -0.3 is 5.11 Å². The van der Waals surface area contributed by atoms with E-state index in [1.807, 2.05) is 6.92 Å². The maximum absolute atomic E-state index is 10.3. The largest absolute Gasteiger partial charge is 0.478 e. The molecule has 0 aliphatic heterocycles. The second-order valence-corrected chi connectivity index (χ2v) is 2.17. The molecule has 1 rings (SSSR count). The van der Waals surface area contributed by atoms with Crippen molar-refractivity contribution < 1.29 is 31.0 Å². The van der Waals surface area contributed by atoms with Gasteiger partial charge in [-0.05, 0) is 19.1 Å². The monoisotopic (exact) mass is 234 g/mol. The van der Waals surface area contributed by atoms with Crippen LogP contribution in [0.3, 0.4) is 0 Å². The molecule has 1 aromatic rings. The van der Waals surface area contributed by atoms with Crippen molar-refractivity contribution in [2.75, 3.05) is 0 Å². The van der Waals surface area contributed by atoms with E-state index >= 15 is 0 Å². The van der Waals surface area contributed by atoms with Crippen LogP contribution >= 0.6 is 0 Å². The minimum Gasteiger partial charge on any atom is -0.478 e. The number of aryl methyl sites for hydroxylation is 1. The minimum absolute atomic E-state index is 0. The molecule has 0 heterocycles. The first-order valence-electron chi connectivity index (χ1n) is 3.00. The molecule has 0 saturated heterocycles. The van der Waals surface area contributed by atoms with Crippen molar-refractivity contribution in [2.24, 2.45) is 0 Å². The van der Waals surface area contributed by atoms with E-state index in [0.29, 0.717) is 5.56 Å². The molecule has 0 fully saturated rings. The maximum atomic E-state index is 10.3. The Morgan fingerprint density at radius 1 is 1.27 bits per heavy atom. The number of carbonyl (C=O) groups is 1. The Bertz CT molecular complexity index is 241. The van der Waals surface area contributed by atoms with E-state index in [2.05, 4.69) is 0 Å². The molecule has 1 aromatic carbocycles. The Hall–Kier alpha value is -0.622. The van der Waals surface area contributed by atoms with Crippen molar-refractivity contribution in [1.82, 2.24) is 0 Å². The van der Waals surface area contributed by atoms with Crippen LogP contribution in [0, 0.1) is 6.92 Å². The Morgan fingerprint density at radius 3 is 2.09 bits per heavy atom. The predicted molar refractivity (Wildman–Crippen MR) is 38.1 cm³/mol. The molecule has 2 nitrogen and oxygen atoms in total. The van der Waals surface area contributed by atoms with Crippen molar-refractivity contribution in [1.29, 1.82) is 0 Å². The summed E-state index contributed by atoms with van der Waals surface area (Å²) in [5.74, 6) is -0.875. The van der Waals surface area contributed by atoms with Crippen LogP contribution in [-0.4, -0.2) is 11.1 Å². The van der Waals surface area contributed by atoms with Gasteiger partial charge in [-0.3, -0.25) is 0 Å². The van der Waals surface area contributed by atoms with Gasteiger partial charge in [0.2, 0.25) is 0 Å². The van der Waals surface area contributed by atoms with E-state index in [4.69, 9.17) is 5.11 Å². The molecule has 0 aliphatic rings. The first kappa shape index (κ1) is 10.4. The summed E-state index contributed by atoms with van der Waals surface area (Å²) in [7, 11) is 0. The molecular weight excluding hydrogens is 224 g/mol. The zero-order chi connectivity index (χ0) is 7.56. The number of benzene rings is 1. The molecule has 0 spiro atoms. The fraction of sp³-hybridized carbons (Fsp3) is 0.125. The number of rotatable bonds is 1. The van der Waals surface area contributed by atoms with Gasteiger partial charge in [0.05, 0.1) is 5.56 Å². The Kier molecular flexibility index (Phi) is 4.05. The third kappa shape index (κ3) is 2.85. The summed E-state index contributed by atoms with van der Waals surface area (Å²) in [6.45, 7) is 1.92. The van der Waals surface area contributed by atoms with E-state index in [1.54, 1.807) is 24.3 Å². The molecule has 58 valence electrons. The molecule has 3 heteroatoms. The van der Waals surface area contributed by atoms with Crippen LogP contribution in [0.2, 0.25) is 0 Å². The second-order valence-electron chi connectivity index (χ2n) is 2.17. The maximum Gasteiger partial charge on any atom is 0.335 e. The molecular formula is C8H8MoO2. The summed E-state index contributed by atoms with van der Waals surface area (Å²) in [5, 5.41) is 8.48. The van der Waals surface area contributed by atoms with Gasteiger partial charge in [0.15, 0.2) is 0 Å². The molecule has 0 amide bonds. The van der Waals surface area contributed by atoms with Gasteiger partial charge in [0.25, 0.3) is 0 Å². The topological polar surface area (TPSA) is 37.3 Å². The molecule has 0 saturated carbocycles. The van der Waals surface area contributed by atoms with Crippen LogP contribution in [0.25, 0.3) is 0 Å². The van der Waals surface area contributed by atoms with Gasteiger partial charge >= 0.3 is 5.97 Å². The molecule has 1 N–H and O–H groups in total. The van der Waals surface area contributed by atoms with E-state index in [9.17, 15) is 4.79 Å². The molecule has 0 radical (unpaired) electrons. The van der Waals surface area contributed by atoms with E-state index in [1.165, 1.54) is 0 Å². The normalized spacial score (nSPS) is 8.45. The average molecular weight is 232 g/mol. The van der Waals surface area contributed by atoms with Gasteiger partial charge in [-0.2, -0.15) is 0 Å². The van der Waals surface area contributed by atoms with Crippen molar-refractivity contribution in [3.05, 3.63) is 35.4 Å². The van der Waals surface area contributed by atoms with Crippen molar-refractivity contribution in [3.8, 4) is 0 Å². The average Bonchev–Trinajstić information content (AvgIpc) is 1.88. The SMILES string of the molecule is Cc1ccc(C(=O)O)cc1.[Mo]. The van der Waals surface area contributed by atoms with E-state index < -0.39 is 5.97 Å².